The average Bonchev–Trinajstić information content (AvgIpc) is 2.44. The van der Waals surface area contributed by atoms with Gasteiger partial charge in [0.1, 0.15) is 12.4 Å². The van der Waals surface area contributed by atoms with E-state index in [1.165, 1.54) is 0 Å². The van der Waals surface area contributed by atoms with Crippen molar-refractivity contribution in [1.82, 2.24) is 9.97 Å². The van der Waals surface area contributed by atoms with Crippen LogP contribution in [0.2, 0.25) is 0 Å². The van der Waals surface area contributed by atoms with Crippen LogP contribution < -0.4 is 10.6 Å². The van der Waals surface area contributed by atoms with Gasteiger partial charge in [-0.2, -0.15) is 4.98 Å². The molecule has 6 nitrogen and oxygen atoms in total. The third kappa shape index (κ3) is 3.09. The molecular formula is C13H16N4O2. The van der Waals surface area contributed by atoms with E-state index in [0.29, 0.717) is 18.4 Å². The van der Waals surface area contributed by atoms with Crippen molar-refractivity contribution in [3.63, 3.8) is 0 Å². The molecule has 0 fully saturated rings. The minimum absolute atomic E-state index is 0.0814. The van der Waals surface area contributed by atoms with Crippen molar-refractivity contribution < 1.29 is 9.53 Å². The summed E-state index contributed by atoms with van der Waals surface area (Å²) in [5.41, 5.74) is 0.813. The summed E-state index contributed by atoms with van der Waals surface area (Å²) in [4.78, 5) is 20.0. The first-order chi connectivity index (χ1) is 9.24. The van der Waals surface area contributed by atoms with Crippen LogP contribution in [-0.4, -0.2) is 36.1 Å². The Morgan fingerprint density at radius 1 is 1.32 bits per heavy atom. The number of anilines is 2. The molecule has 2 rings (SSSR count). The van der Waals surface area contributed by atoms with E-state index in [2.05, 4.69) is 20.6 Å². The minimum atomic E-state index is -0.309. The van der Waals surface area contributed by atoms with E-state index in [4.69, 9.17) is 4.74 Å². The quantitative estimate of drug-likeness (QED) is 0.796. The first-order valence-electron chi connectivity index (χ1n) is 6.08. The van der Waals surface area contributed by atoms with Crippen molar-refractivity contribution in [2.45, 2.75) is 6.92 Å². The molecule has 2 aromatic rings. The number of hydrogen-bond donors (Lipinski definition) is 2. The van der Waals surface area contributed by atoms with Crippen molar-refractivity contribution >= 4 is 28.6 Å². The Balaban J connectivity index is 2.27. The zero-order chi connectivity index (χ0) is 13.7. The van der Waals surface area contributed by atoms with Crippen LogP contribution in [0.15, 0.2) is 24.3 Å². The van der Waals surface area contributed by atoms with Gasteiger partial charge in [0, 0.05) is 12.4 Å². The lowest BCUT2D eigenvalue weighted by atomic mass is 10.2. The fourth-order valence-electron chi connectivity index (χ4n) is 1.69. The van der Waals surface area contributed by atoms with Crippen molar-refractivity contribution in [1.29, 1.82) is 0 Å². The second kappa shape index (κ2) is 5.99. The molecule has 0 saturated heterocycles. The second-order valence-corrected chi connectivity index (χ2v) is 3.82. The highest BCUT2D eigenvalue weighted by Gasteiger charge is 2.08. The Hall–Kier alpha value is -2.37. The van der Waals surface area contributed by atoms with E-state index in [1.54, 1.807) is 14.0 Å². The first-order valence-corrected chi connectivity index (χ1v) is 6.08. The van der Waals surface area contributed by atoms with Crippen molar-refractivity contribution in [3.8, 4) is 0 Å². The molecule has 0 saturated carbocycles. The summed E-state index contributed by atoms with van der Waals surface area (Å²) in [5.74, 6) is 0.810. The van der Waals surface area contributed by atoms with Gasteiger partial charge >= 0.3 is 5.97 Å². The molecular weight excluding hydrogens is 244 g/mol. The number of para-hydroxylation sites is 1. The predicted molar refractivity (Wildman–Crippen MR) is 74.2 cm³/mol. The number of hydrogen-bond acceptors (Lipinski definition) is 6. The van der Waals surface area contributed by atoms with Gasteiger partial charge in [-0.3, -0.25) is 4.79 Å². The molecule has 0 aliphatic heterocycles. The van der Waals surface area contributed by atoms with Crippen LogP contribution in [0.3, 0.4) is 0 Å². The SMILES string of the molecule is CCOC(=O)CNc1nc(NC)nc2ccccc12. The highest BCUT2D eigenvalue weighted by molar-refractivity contribution is 5.91. The lowest BCUT2D eigenvalue weighted by molar-refractivity contribution is -0.140. The summed E-state index contributed by atoms with van der Waals surface area (Å²) in [6, 6.07) is 7.61. The zero-order valence-corrected chi connectivity index (χ0v) is 10.9. The van der Waals surface area contributed by atoms with E-state index in [-0.39, 0.29) is 12.5 Å². The molecule has 0 aliphatic carbocycles. The van der Waals surface area contributed by atoms with Crippen LogP contribution in [-0.2, 0) is 9.53 Å². The molecule has 6 heteroatoms. The second-order valence-electron chi connectivity index (χ2n) is 3.82. The number of nitrogens with zero attached hydrogens (tertiary/aromatic N) is 2. The number of carbonyl (C=O) groups is 1. The van der Waals surface area contributed by atoms with E-state index in [9.17, 15) is 4.79 Å². The molecule has 0 radical (unpaired) electrons. The molecule has 19 heavy (non-hydrogen) atoms. The maximum atomic E-state index is 11.4. The average molecular weight is 260 g/mol. The molecule has 2 N–H and O–H groups in total. The summed E-state index contributed by atoms with van der Waals surface area (Å²) in [6.45, 7) is 2.22. The van der Waals surface area contributed by atoms with Crippen LogP contribution >= 0.6 is 0 Å². The number of ether oxygens (including phenoxy) is 1. The smallest absolute Gasteiger partial charge is 0.325 e. The van der Waals surface area contributed by atoms with E-state index < -0.39 is 0 Å². The van der Waals surface area contributed by atoms with Gasteiger partial charge in [-0.1, -0.05) is 12.1 Å². The summed E-state index contributed by atoms with van der Waals surface area (Å²) >= 11 is 0. The molecule has 1 aromatic heterocycles. The largest absolute Gasteiger partial charge is 0.465 e. The number of fused-ring (bicyclic) bond motifs is 1. The Morgan fingerprint density at radius 2 is 2.11 bits per heavy atom. The third-order valence-corrected chi connectivity index (χ3v) is 2.53. The topological polar surface area (TPSA) is 76.1 Å². The van der Waals surface area contributed by atoms with E-state index >= 15 is 0 Å². The maximum Gasteiger partial charge on any atom is 0.325 e. The van der Waals surface area contributed by atoms with Crippen LogP contribution in [0.25, 0.3) is 10.9 Å². The number of esters is 1. The normalized spacial score (nSPS) is 10.2. The van der Waals surface area contributed by atoms with Gasteiger partial charge in [0.15, 0.2) is 0 Å². The van der Waals surface area contributed by atoms with E-state index in [0.717, 1.165) is 10.9 Å². The monoisotopic (exact) mass is 260 g/mol. The van der Waals surface area contributed by atoms with Crippen molar-refractivity contribution in [3.05, 3.63) is 24.3 Å². The number of rotatable bonds is 5. The van der Waals surface area contributed by atoms with Gasteiger partial charge in [0.25, 0.3) is 0 Å². The Kier molecular flexibility index (Phi) is 4.12. The number of benzene rings is 1. The van der Waals surface area contributed by atoms with Gasteiger partial charge in [0.05, 0.1) is 12.1 Å². The Bertz CT molecular complexity index is 586. The fourth-order valence-corrected chi connectivity index (χ4v) is 1.69. The van der Waals surface area contributed by atoms with Gasteiger partial charge in [-0.15, -0.1) is 0 Å². The lowest BCUT2D eigenvalue weighted by Crippen LogP contribution is -2.18. The Morgan fingerprint density at radius 3 is 2.84 bits per heavy atom. The van der Waals surface area contributed by atoms with Crippen LogP contribution in [0.5, 0.6) is 0 Å². The molecule has 0 spiro atoms. The number of aromatic nitrogens is 2. The summed E-state index contributed by atoms with van der Waals surface area (Å²) in [7, 11) is 1.75. The van der Waals surface area contributed by atoms with Crippen molar-refractivity contribution in [2.24, 2.45) is 0 Å². The molecule has 0 amide bonds. The molecule has 0 aliphatic rings. The first kappa shape index (κ1) is 13.1. The molecule has 100 valence electrons. The van der Waals surface area contributed by atoms with Gasteiger partial charge in [-0.25, -0.2) is 4.98 Å². The number of nitrogens with one attached hydrogen (secondary N) is 2. The van der Waals surface area contributed by atoms with Crippen LogP contribution in [0.1, 0.15) is 6.92 Å². The number of carbonyl (C=O) groups excluding carboxylic acids is 1. The molecule has 1 heterocycles. The molecule has 0 atom stereocenters. The fraction of sp³-hybridized carbons (Fsp3) is 0.308. The van der Waals surface area contributed by atoms with Crippen molar-refractivity contribution in [2.75, 3.05) is 30.8 Å². The third-order valence-electron chi connectivity index (χ3n) is 2.53. The molecule has 1 aromatic carbocycles. The summed E-state index contributed by atoms with van der Waals surface area (Å²) in [6.07, 6.45) is 0. The lowest BCUT2D eigenvalue weighted by Gasteiger charge is -2.10. The Labute approximate surface area is 111 Å². The van der Waals surface area contributed by atoms with Gasteiger partial charge in [-0.05, 0) is 19.1 Å². The standard InChI is InChI=1S/C13H16N4O2/c1-3-19-11(18)8-15-12-9-6-4-5-7-10(9)16-13(14-2)17-12/h4-7H,3,8H2,1-2H3,(H2,14,15,16,17). The zero-order valence-electron chi connectivity index (χ0n) is 10.9. The summed E-state index contributed by atoms with van der Waals surface area (Å²) in [5, 5.41) is 6.74. The van der Waals surface area contributed by atoms with Crippen LogP contribution in [0.4, 0.5) is 11.8 Å². The van der Waals surface area contributed by atoms with Gasteiger partial charge in [0.2, 0.25) is 5.95 Å². The molecule has 0 bridgehead atoms. The van der Waals surface area contributed by atoms with Gasteiger partial charge < -0.3 is 15.4 Å². The summed E-state index contributed by atoms with van der Waals surface area (Å²) < 4.78 is 4.87. The van der Waals surface area contributed by atoms with Crippen LogP contribution in [0, 0.1) is 0 Å². The highest BCUT2D eigenvalue weighted by atomic mass is 16.5. The van der Waals surface area contributed by atoms with E-state index in [1.807, 2.05) is 24.3 Å². The molecule has 0 unspecified atom stereocenters. The maximum absolute atomic E-state index is 11.4. The highest BCUT2D eigenvalue weighted by Crippen LogP contribution is 2.21. The predicted octanol–water partition coefficient (Wildman–Crippen LogP) is 1.65. The minimum Gasteiger partial charge on any atom is -0.465 e.